The summed E-state index contributed by atoms with van der Waals surface area (Å²) in [5.74, 6) is 0.209. The Morgan fingerprint density at radius 1 is 1.14 bits per heavy atom. The third-order valence-corrected chi connectivity index (χ3v) is 4.87. The maximum Gasteiger partial charge on any atom is 0.148 e. The van der Waals surface area contributed by atoms with Gasteiger partial charge < -0.3 is 0 Å². The molecule has 0 radical (unpaired) electrons. The van der Waals surface area contributed by atoms with Crippen molar-refractivity contribution in [2.45, 2.75) is 52.6 Å². The van der Waals surface area contributed by atoms with Gasteiger partial charge in [-0.05, 0) is 30.0 Å². The molecule has 3 nitrogen and oxygen atoms in total. The second-order valence-electron chi connectivity index (χ2n) is 6.95. The summed E-state index contributed by atoms with van der Waals surface area (Å²) in [5, 5.41) is 0. The Labute approximate surface area is 130 Å². The summed E-state index contributed by atoms with van der Waals surface area (Å²) < 4.78 is 22.9. The molecule has 0 fully saturated rings. The number of hydrogen-bond acceptors (Lipinski definition) is 3. The molecule has 0 aliphatic heterocycles. The molecule has 1 aromatic rings. The van der Waals surface area contributed by atoms with Crippen LogP contribution in [0.2, 0.25) is 0 Å². The molecule has 0 spiro atoms. The first-order valence-electron chi connectivity index (χ1n) is 7.54. The Morgan fingerprint density at radius 3 is 2.05 bits per heavy atom. The lowest BCUT2D eigenvalue weighted by atomic mass is 9.87. The number of sulfone groups is 1. The summed E-state index contributed by atoms with van der Waals surface area (Å²) in [7, 11) is -2.94. The van der Waals surface area contributed by atoms with E-state index in [1.807, 2.05) is 6.92 Å². The van der Waals surface area contributed by atoms with E-state index >= 15 is 0 Å². The maximum atomic E-state index is 11.4. The van der Waals surface area contributed by atoms with Crippen LogP contribution in [0.3, 0.4) is 0 Å². The molecule has 21 heavy (non-hydrogen) atoms. The van der Waals surface area contributed by atoms with Crippen LogP contribution in [0, 0.1) is 0 Å². The van der Waals surface area contributed by atoms with Crippen molar-refractivity contribution in [2.24, 2.45) is 0 Å². The molecule has 4 heteroatoms. The molecular weight excluding hydrogens is 282 g/mol. The van der Waals surface area contributed by atoms with Gasteiger partial charge in [0, 0.05) is 18.8 Å². The average Bonchev–Trinajstić information content (AvgIpc) is 2.33. The van der Waals surface area contributed by atoms with Crippen LogP contribution in [0.25, 0.3) is 0 Å². The van der Waals surface area contributed by atoms with E-state index in [0.717, 1.165) is 13.1 Å². The maximum absolute atomic E-state index is 11.4. The van der Waals surface area contributed by atoms with Gasteiger partial charge in [-0.2, -0.15) is 0 Å². The zero-order valence-electron chi connectivity index (χ0n) is 14.2. The van der Waals surface area contributed by atoms with Crippen molar-refractivity contribution in [3.05, 3.63) is 35.4 Å². The van der Waals surface area contributed by atoms with E-state index in [1.54, 1.807) is 0 Å². The van der Waals surface area contributed by atoms with Gasteiger partial charge in [-0.25, -0.2) is 8.42 Å². The van der Waals surface area contributed by atoms with E-state index in [2.05, 4.69) is 56.9 Å². The summed E-state index contributed by atoms with van der Waals surface area (Å²) in [6, 6.07) is 8.68. The van der Waals surface area contributed by atoms with Gasteiger partial charge in [0.25, 0.3) is 0 Å². The van der Waals surface area contributed by atoms with Crippen molar-refractivity contribution in [3.63, 3.8) is 0 Å². The lowest BCUT2D eigenvalue weighted by Gasteiger charge is -2.27. The van der Waals surface area contributed by atoms with E-state index in [9.17, 15) is 8.42 Å². The summed E-state index contributed by atoms with van der Waals surface area (Å²) in [5.41, 5.74) is 2.70. The molecule has 0 heterocycles. The highest BCUT2D eigenvalue weighted by atomic mass is 32.2. The van der Waals surface area contributed by atoms with Gasteiger partial charge in [0.05, 0.1) is 5.75 Å². The van der Waals surface area contributed by atoms with Gasteiger partial charge >= 0.3 is 0 Å². The molecule has 0 saturated heterocycles. The molecule has 120 valence electrons. The summed E-state index contributed by atoms with van der Waals surface area (Å²) in [4.78, 5) is 2.20. The van der Waals surface area contributed by atoms with Gasteiger partial charge in [-0.3, -0.25) is 4.90 Å². The number of nitrogens with zero attached hydrogens (tertiary/aromatic N) is 1. The fourth-order valence-corrected chi connectivity index (χ4v) is 3.55. The Balaban J connectivity index is 2.78. The van der Waals surface area contributed by atoms with Crippen molar-refractivity contribution in [1.29, 1.82) is 0 Å². The van der Waals surface area contributed by atoms with Gasteiger partial charge in [-0.15, -0.1) is 0 Å². The molecule has 1 rings (SSSR count). The molecule has 0 N–H and O–H groups in total. The van der Waals surface area contributed by atoms with Crippen LogP contribution in [0.15, 0.2) is 24.3 Å². The molecular formula is C17H29NO2S. The Bertz CT molecular complexity index is 541. The molecule has 1 unspecified atom stereocenters. The molecule has 0 aliphatic carbocycles. The van der Waals surface area contributed by atoms with Crippen molar-refractivity contribution in [3.8, 4) is 0 Å². The highest BCUT2D eigenvalue weighted by molar-refractivity contribution is 7.90. The minimum absolute atomic E-state index is 0.0345. The summed E-state index contributed by atoms with van der Waals surface area (Å²) >= 11 is 0. The van der Waals surface area contributed by atoms with Gasteiger partial charge in [0.1, 0.15) is 9.84 Å². The fraction of sp³-hybridized carbons (Fsp3) is 0.647. The minimum Gasteiger partial charge on any atom is -0.296 e. The molecule has 1 aromatic carbocycles. The Kier molecular flexibility index (Phi) is 6.00. The summed E-state index contributed by atoms with van der Waals surface area (Å²) in [6.45, 7) is 12.3. The van der Waals surface area contributed by atoms with Gasteiger partial charge in [-0.1, -0.05) is 52.0 Å². The van der Waals surface area contributed by atoms with Crippen LogP contribution < -0.4 is 0 Å². The van der Waals surface area contributed by atoms with E-state index in [0.29, 0.717) is 0 Å². The second kappa shape index (κ2) is 6.93. The first-order chi connectivity index (χ1) is 9.53. The first kappa shape index (κ1) is 18.2. The van der Waals surface area contributed by atoms with Crippen molar-refractivity contribution in [2.75, 3.05) is 18.6 Å². The highest BCUT2D eigenvalue weighted by Crippen LogP contribution is 2.22. The normalized spacial score (nSPS) is 14.4. The average molecular weight is 311 g/mol. The smallest absolute Gasteiger partial charge is 0.148 e. The third kappa shape index (κ3) is 6.18. The van der Waals surface area contributed by atoms with E-state index in [-0.39, 0.29) is 17.2 Å². The molecule has 1 atom stereocenters. The quantitative estimate of drug-likeness (QED) is 0.809. The molecule has 0 aliphatic rings. The third-order valence-electron chi connectivity index (χ3n) is 3.78. The monoisotopic (exact) mass is 311 g/mol. The van der Waals surface area contributed by atoms with E-state index in [1.165, 1.54) is 17.4 Å². The first-order valence-corrected chi connectivity index (χ1v) is 9.60. The largest absolute Gasteiger partial charge is 0.296 e. The minimum atomic E-state index is -2.94. The second-order valence-corrected chi connectivity index (χ2v) is 9.14. The topological polar surface area (TPSA) is 37.4 Å². The lowest BCUT2D eigenvalue weighted by molar-refractivity contribution is 0.226. The van der Waals surface area contributed by atoms with Crippen LogP contribution in [-0.2, 0) is 21.8 Å². The molecule has 0 amide bonds. The Morgan fingerprint density at radius 2 is 1.67 bits per heavy atom. The van der Waals surface area contributed by atoms with Gasteiger partial charge in [0.2, 0.25) is 0 Å². The number of rotatable bonds is 6. The van der Waals surface area contributed by atoms with Crippen LogP contribution in [0.4, 0.5) is 0 Å². The molecule has 0 bridgehead atoms. The zero-order chi connectivity index (χ0) is 16.3. The van der Waals surface area contributed by atoms with Crippen molar-refractivity contribution < 1.29 is 8.42 Å². The zero-order valence-corrected chi connectivity index (χ0v) is 15.0. The van der Waals surface area contributed by atoms with Gasteiger partial charge in [0.15, 0.2) is 0 Å². The van der Waals surface area contributed by atoms with Crippen molar-refractivity contribution >= 4 is 9.84 Å². The lowest BCUT2D eigenvalue weighted by Crippen LogP contribution is -2.37. The molecule has 0 saturated carbocycles. The Hall–Kier alpha value is -0.870. The van der Waals surface area contributed by atoms with E-state index in [4.69, 9.17) is 0 Å². The summed E-state index contributed by atoms with van der Waals surface area (Å²) in [6.07, 6.45) is 1.30. The number of hydrogen-bond donors (Lipinski definition) is 0. The standard InChI is InChI=1S/C17H29NO2S/c1-7-18(14(2)13-21(6,19)20)12-15-8-10-16(11-9-15)17(3,4)5/h8-11,14H,7,12-13H2,1-6H3. The SMILES string of the molecule is CCN(Cc1ccc(C(C)(C)C)cc1)C(C)CS(C)(=O)=O. The van der Waals surface area contributed by atoms with Crippen LogP contribution in [0.5, 0.6) is 0 Å². The van der Waals surface area contributed by atoms with Crippen LogP contribution >= 0.6 is 0 Å². The predicted molar refractivity (Wildman–Crippen MR) is 90.4 cm³/mol. The molecule has 0 aromatic heterocycles. The predicted octanol–water partition coefficient (Wildman–Crippen LogP) is 3.24. The number of benzene rings is 1. The highest BCUT2D eigenvalue weighted by Gasteiger charge is 2.18. The van der Waals surface area contributed by atoms with Crippen molar-refractivity contribution in [1.82, 2.24) is 4.90 Å². The van der Waals surface area contributed by atoms with E-state index < -0.39 is 9.84 Å². The van der Waals surface area contributed by atoms with Crippen LogP contribution in [0.1, 0.15) is 45.7 Å². The van der Waals surface area contributed by atoms with Crippen LogP contribution in [-0.4, -0.2) is 37.9 Å². The fourth-order valence-electron chi connectivity index (χ4n) is 2.47.